The molecule has 0 spiro atoms. The zero-order valence-electron chi connectivity index (χ0n) is 46.6. The van der Waals surface area contributed by atoms with Crippen molar-refractivity contribution in [2.24, 2.45) is 5.92 Å². The predicted octanol–water partition coefficient (Wildman–Crippen LogP) is 11.0. The molecule has 2 aromatic rings. The quantitative estimate of drug-likeness (QED) is 0.0246. The molecule has 14 nitrogen and oxygen atoms in total. The lowest BCUT2D eigenvalue weighted by Crippen LogP contribution is -2.47. The van der Waals surface area contributed by atoms with E-state index in [9.17, 15) is 44.4 Å². The highest BCUT2D eigenvalue weighted by atomic mass is 16.6. The number of hydrogen-bond acceptors (Lipinski definition) is 12. The number of nitrogens with one attached hydrogen (secondary N) is 2. The van der Waals surface area contributed by atoms with Crippen LogP contribution in [0.15, 0.2) is 48.5 Å². The Bertz CT molecular complexity index is 1780. The maximum absolute atomic E-state index is 12.2. The standard InChI is InChI=1S/C23H27NO3.C20H40O7.C17H33NO2/c1-3-4-5-14-22(25)16(2)24-23(26)27-15-21-19-12-8-6-10-17(19)18-11-7-9-13-20(18)21;1-2-3-4-5-6-7-8-9-10-11-12-13-18(24)27-15-17(23)20(26)19(25)16(22)14-21;1-5-7-8-9-10-11-12-13-16(20)17(14(3)6-2)18-15(4)19/h6-13,16,21H,3-5,14-15H2,1-2H3,(H,24,26);16-17,19-23,25-26H,2-15H2,1H3;14,17H,5-13H2,1-4H3,(H,18,19)/t16-;16-,17-,19-,20-;14?,17-/m010/s1. The van der Waals surface area contributed by atoms with E-state index < -0.39 is 55.7 Å². The molecule has 0 aliphatic heterocycles. The predicted molar refractivity (Wildman–Crippen MR) is 295 cm³/mol. The van der Waals surface area contributed by atoms with E-state index in [-0.39, 0.29) is 48.4 Å². The third kappa shape index (κ3) is 28.6. The minimum Gasteiger partial charge on any atom is -0.463 e. The average molecular weight is 1040 g/mol. The first-order valence-electron chi connectivity index (χ1n) is 28.5. The molecular formula is C60H100N2O12. The molecule has 0 radical (unpaired) electrons. The van der Waals surface area contributed by atoms with E-state index in [0.29, 0.717) is 12.8 Å². The second kappa shape index (κ2) is 42.0. The van der Waals surface area contributed by atoms with Gasteiger partial charge in [0.05, 0.1) is 18.7 Å². The molecule has 74 heavy (non-hydrogen) atoms. The van der Waals surface area contributed by atoms with E-state index in [1.165, 1.54) is 113 Å². The molecular weight excluding hydrogens is 941 g/mol. The molecule has 2 aromatic carbocycles. The number of aliphatic hydroxyl groups excluding tert-OH is 5. The Labute approximate surface area is 445 Å². The van der Waals surface area contributed by atoms with Gasteiger partial charge in [-0.1, -0.05) is 205 Å². The van der Waals surface area contributed by atoms with Crippen molar-refractivity contribution in [1.82, 2.24) is 10.6 Å². The lowest BCUT2D eigenvalue weighted by atomic mass is 9.92. The first kappa shape index (κ1) is 67.8. The molecule has 0 bridgehead atoms. The maximum Gasteiger partial charge on any atom is 0.407 e. The fourth-order valence-corrected chi connectivity index (χ4v) is 8.92. The highest BCUT2D eigenvalue weighted by Crippen LogP contribution is 2.44. The first-order chi connectivity index (χ1) is 35.6. The Balaban J connectivity index is 0.000000563. The normalized spacial score (nSPS) is 14.5. The molecule has 7 N–H and O–H groups in total. The minimum atomic E-state index is -1.71. The summed E-state index contributed by atoms with van der Waals surface area (Å²) in [6, 6.07) is 15.6. The Morgan fingerprint density at radius 1 is 0.541 bits per heavy atom. The van der Waals surface area contributed by atoms with Crippen molar-refractivity contribution in [3.8, 4) is 11.1 Å². The number of amides is 2. The van der Waals surface area contributed by atoms with Crippen LogP contribution in [0.25, 0.3) is 11.1 Å². The lowest BCUT2D eigenvalue weighted by molar-refractivity contribution is -0.156. The summed E-state index contributed by atoms with van der Waals surface area (Å²) in [5, 5.41) is 52.1. The zero-order valence-corrected chi connectivity index (χ0v) is 46.6. The smallest absolute Gasteiger partial charge is 0.407 e. The fraction of sp³-hybridized carbons (Fsp3) is 0.717. The van der Waals surface area contributed by atoms with Gasteiger partial charge < -0.3 is 45.6 Å². The second-order valence-electron chi connectivity index (χ2n) is 20.3. The summed E-state index contributed by atoms with van der Waals surface area (Å²) in [7, 11) is 0. The van der Waals surface area contributed by atoms with Crippen LogP contribution < -0.4 is 10.6 Å². The molecule has 14 heteroatoms. The molecule has 0 fully saturated rings. The zero-order chi connectivity index (χ0) is 55.1. The van der Waals surface area contributed by atoms with Crippen LogP contribution in [0.3, 0.4) is 0 Å². The van der Waals surface area contributed by atoms with Gasteiger partial charge in [0.1, 0.15) is 37.6 Å². The van der Waals surface area contributed by atoms with Crippen LogP contribution in [0.2, 0.25) is 0 Å². The molecule has 3 rings (SSSR count). The number of aliphatic hydroxyl groups is 5. The average Bonchev–Trinajstić information content (AvgIpc) is 3.72. The van der Waals surface area contributed by atoms with Crippen molar-refractivity contribution >= 4 is 29.5 Å². The number of carbonyl (C=O) groups excluding carboxylic acids is 5. The molecule has 0 aromatic heterocycles. The molecule has 422 valence electrons. The van der Waals surface area contributed by atoms with E-state index >= 15 is 0 Å². The number of rotatable bonds is 38. The third-order valence-electron chi connectivity index (χ3n) is 13.9. The number of ketones is 2. The molecule has 0 heterocycles. The lowest BCUT2D eigenvalue weighted by Gasteiger charge is -2.25. The Hall–Kier alpha value is -4.21. The summed E-state index contributed by atoms with van der Waals surface area (Å²) in [5.74, 6) is -0.0766. The third-order valence-corrected chi connectivity index (χ3v) is 13.9. The van der Waals surface area contributed by atoms with Crippen LogP contribution in [0.1, 0.15) is 226 Å². The van der Waals surface area contributed by atoms with Crippen molar-refractivity contribution in [3.05, 3.63) is 59.7 Å². The number of benzene rings is 2. The molecule has 7 atom stereocenters. The Morgan fingerprint density at radius 2 is 0.959 bits per heavy atom. The summed E-state index contributed by atoms with van der Waals surface area (Å²) < 4.78 is 10.4. The van der Waals surface area contributed by atoms with Crippen molar-refractivity contribution < 1.29 is 59.0 Å². The fourth-order valence-electron chi connectivity index (χ4n) is 8.92. The van der Waals surface area contributed by atoms with Gasteiger partial charge in [0, 0.05) is 32.1 Å². The number of hydrogen-bond donors (Lipinski definition) is 7. The molecule has 0 saturated heterocycles. The Morgan fingerprint density at radius 3 is 1.43 bits per heavy atom. The van der Waals surface area contributed by atoms with Crippen molar-refractivity contribution in [2.75, 3.05) is 19.8 Å². The highest BCUT2D eigenvalue weighted by molar-refractivity contribution is 5.89. The van der Waals surface area contributed by atoms with E-state index in [1.807, 2.05) is 31.2 Å². The minimum absolute atomic E-state index is 0.0266. The van der Waals surface area contributed by atoms with Gasteiger partial charge in [-0.05, 0) is 54.4 Å². The van der Waals surface area contributed by atoms with Crippen LogP contribution in [0.5, 0.6) is 0 Å². The number of carbonyl (C=O) groups is 5. The summed E-state index contributed by atoms with van der Waals surface area (Å²) in [4.78, 5) is 59.3. The van der Waals surface area contributed by atoms with E-state index in [1.54, 1.807) is 6.92 Å². The Kier molecular flexibility index (Phi) is 38.5. The van der Waals surface area contributed by atoms with Gasteiger partial charge in [0.15, 0.2) is 11.6 Å². The van der Waals surface area contributed by atoms with Gasteiger partial charge in [-0.25, -0.2) is 4.79 Å². The van der Waals surface area contributed by atoms with E-state index in [0.717, 1.165) is 57.8 Å². The van der Waals surface area contributed by atoms with Crippen LogP contribution in [-0.2, 0) is 28.7 Å². The van der Waals surface area contributed by atoms with Gasteiger partial charge in [0.2, 0.25) is 5.91 Å². The number of Topliss-reactive ketones (excluding diaryl/α,β-unsaturated/α-hetero) is 2. The topological polar surface area (TPSA) is 229 Å². The second-order valence-corrected chi connectivity index (χ2v) is 20.3. The number of unbranched alkanes of at least 4 members (excludes halogenated alkanes) is 18. The van der Waals surface area contributed by atoms with Crippen LogP contribution in [0, 0.1) is 5.92 Å². The van der Waals surface area contributed by atoms with Crippen LogP contribution >= 0.6 is 0 Å². The van der Waals surface area contributed by atoms with Gasteiger partial charge in [-0.2, -0.15) is 0 Å². The summed E-state index contributed by atoms with van der Waals surface area (Å²) in [6.45, 7) is 12.9. The monoisotopic (exact) mass is 1040 g/mol. The molecule has 1 aliphatic carbocycles. The SMILES string of the molecule is CCCCCC(=O)[C@H](C)NC(=O)OCC1c2ccccc2-c2ccccc21.CCCCCCCCCC(=O)[C@@H](NC(C)=O)C(C)CC.CCCCCCCCCCCCCC(=O)OC[C@@H](O)[C@@H](O)[C@H](O)[C@H](O)CO. The van der Waals surface area contributed by atoms with Gasteiger partial charge in [-0.15, -0.1) is 0 Å². The van der Waals surface area contributed by atoms with Crippen LogP contribution in [0.4, 0.5) is 4.79 Å². The summed E-state index contributed by atoms with van der Waals surface area (Å²) >= 11 is 0. The molecule has 1 aliphatic rings. The van der Waals surface area contributed by atoms with Crippen molar-refractivity contribution in [3.63, 3.8) is 0 Å². The van der Waals surface area contributed by atoms with Gasteiger partial charge in [-0.3, -0.25) is 19.2 Å². The maximum atomic E-state index is 12.2. The van der Waals surface area contributed by atoms with Crippen LogP contribution in [-0.4, -0.2) is 111 Å². The highest BCUT2D eigenvalue weighted by Gasteiger charge is 2.31. The molecule has 2 amide bonds. The number of esters is 1. The summed E-state index contributed by atoms with van der Waals surface area (Å²) in [6.07, 6.45) is 19.7. The van der Waals surface area contributed by atoms with Crippen molar-refractivity contribution in [1.29, 1.82) is 0 Å². The first-order valence-corrected chi connectivity index (χ1v) is 28.5. The number of ether oxygens (including phenoxy) is 2. The van der Waals surface area contributed by atoms with Gasteiger partial charge >= 0.3 is 12.1 Å². The van der Waals surface area contributed by atoms with Crippen molar-refractivity contribution in [2.45, 2.75) is 251 Å². The largest absolute Gasteiger partial charge is 0.463 e. The molecule has 0 saturated carbocycles. The number of fused-ring (bicyclic) bond motifs is 3. The van der Waals surface area contributed by atoms with Gasteiger partial charge in [0.25, 0.3) is 0 Å². The van der Waals surface area contributed by atoms with E-state index in [4.69, 9.17) is 14.6 Å². The molecule has 1 unspecified atom stereocenters. The summed E-state index contributed by atoms with van der Waals surface area (Å²) in [5.41, 5.74) is 4.74. The van der Waals surface area contributed by atoms with E-state index in [2.05, 4.69) is 62.6 Å². The number of alkyl carbamates (subject to hydrolysis) is 1.